The Kier molecular flexibility index (Phi) is 2.44. The Balaban J connectivity index is 2.04. The largest absolute Gasteiger partial charge is 0.260 e. The van der Waals surface area contributed by atoms with Crippen molar-refractivity contribution in [2.24, 2.45) is 10.9 Å². The van der Waals surface area contributed by atoms with Crippen LogP contribution in [-0.2, 0) is 0 Å². The molecule has 1 unspecified atom stereocenters. The van der Waals surface area contributed by atoms with E-state index in [-0.39, 0.29) is 0 Å². The van der Waals surface area contributed by atoms with Gasteiger partial charge in [-0.25, -0.2) is 0 Å². The average molecular weight is 173 g/mol. The summed E-state index contributed by atoms with van der Waals surface area (Å²) in [5.74, 6) is 0.469. The Morgan fingerprint density at radius 3 is 3.23 bits per heavy atom. The zero-order valence-electron chi connectivity index (χ0n) is 8.03. The number of hydrogen-bond acceptors (Lipinski definition) is 1. The fraction of sp³-hybridized carbons (Fsp3) is 0.417. The van der Waals surface area contributed by atoms with Crippen LogP contribution in [0.1, 0.15) is 26.2 Å². The zero-order chi connectivity index (χ0) is 9.10. The lowest BCUT2D eigenvalue weighted by atomic mass is 9.99. The van der Waals surface area contributed by atoms with E-state index < -0.39 is 0 Å². The molecule has 0 radical (unpaired) electrons. The highest BCUT2D eigenvalue weighted by Crippen LogP contribution is 2.27. The molecule has 0 aromatic rings. The number of hydrogen-bond donors (Lipinski definition) is 0. The van der Waals surface area contributed by atoms with Gasteiger partial charge in [0.15, 0.2) is 0 Å². The van der Waals surface area contributed by atoms with Crippen LogP contribution < -0.4 is 0 Å². The Morgan fingerprint density at radius 2 is 2.38 bits per heavy atom. The maximum Gasteiger partial charge on any atom is 0.0510 e. The Labute approximate surface area is 79.6 Å². The number of dihydropyridines is 1. The molecular formula is C12H15N. The second-order valence-electron chi connectivity index (χ2n) is 3.61. The van der Waals surface area contributed by atoms with Gasteiger partial charge in [0.2, 0.25) is 0 Å². The summed E-state index contributed by atoms with van der Waals surface area (Å²) in [5.41, 5.74) is 2.59. The minimum Gasteiger partial charge on any atom is -0.260 e. The molecule has 0 bridgehead atoms. The second-order valence-corrected chi connectivity index (χ2v) is 3.61. The first kappa shape index (κ1) is 8.49. The first-order chi connectivity index (χ1) is 6.40. The van der Waals surface area contributed by atoms with Crippen molar-refractivity contribution in [2.45, 2.75) is 26.2 Å². The van der Waals surface area contributed by atoms with E-state index in [2.05, 4.69) is 36.2 Å². The minimum absolute atomic E-state index is 0.469. The molecule has 0 amide bonds. The van der Waals surface area contributed by atoms with Crippen molar-refractivity contribution in [3.05, 3.63) is 35.6 Å². The third-order valence-corrected chi connectivity index (χ3v) is 2.52. The third-order valence-electron chi connectivity index (χ3n) is 2.52. The van der Waals surface area contributed by atoms with Crippen LogP contribution in [0.2, 0.25) is 0 Å². The second kappa shape index (κ2) is 3.73. The van der Waals surface area contributed by atoms with Gasteiger partial charge in [-0.2, -0.15) is 0 Å². The molecule has 0 N–H and O–H groups in total. The fourth-order valence-electron chi connectivity index (χ4n) is 1.71. The van der Waals surface area contributed by atoms with Gasteiger partial charge in [-0.15, -0.1) is 0 Å². The molecule has 0 aromatic heterocycles. The van der Waals surface area contributed by atoms with Gasteiger partial charge in [-0.1, -0.05) is 31.6 Å². The topological polar surface area (TPSA) is 12.4 Å². The van der Waals surface area contributed by atoms with E-state index in [0.717, 1.165) is 0 Å². The summed E-state index contributed by atoms with van der Waals surface area (Å²) in [6, 6.07) is 0. The summed E-state index contributed by atoms with van der Waals surface area (Å²) in [6.45, 7) is 2.22. The van der Waals surface area contributed by atoms with Crippen LogP contribution in [0, 0.1) is 5.92 Å². The first-order valence-corrected chi connectivity index (χ1v) is 5.03. The SMILES string of the molecule is CCCCC1=CC2C=CC=C2N=C1. The molecule has 1 heteroatoms. The van der Waals surface area contributed by atoms with Gasteiger partial charge in [0.25, 0.3) is 0 Å². The van der Waals surface area contributed by atoms with Crippen molar-refractivity contribution in [1.29, 1.82) is 0 Å². The maximum absolute atomic E-state index is 4.43. The van der Waals surface area contributed by atoms with Crippen molar-refractivity contribution in [3.63, 3.8) is 0 Å². The van der Waals surface area contributed by atoms with Crippen LogP contribution in [0.5, 0.6) is 0 Å². The molecule has 1 aliphatic heterocycles. The molecule has 1 aliphatic carbocycles. The third kappa shape index (κ3) is 1.80. The number of aliphatic imine (C=N–C) groups is 1. The number of nitrogens with zero attached hydrogens (tertiary/aromatic N) is 1. The summed E-state index contributed by atoms with van der Waals surface area (Å²) >= 11 is 0. The zero-order valence-corrected chi connectivity index (χ0v) is 8.03. The van der Waals surface area contributed by atoms with E-state index in [1.54, 1.807) is 0 Å². The number of allylic oxidation sites excluding steroid dienone is 4. The van der Waals surface area contributed by atoms with Crippen LogP contribution in [0.3, 0.4) is 0 Å². The minimum atomic E-state index is 0.469. The molecule has 0 fully saturated rings. The summed E-state index contributed by atoms with van der Waals surface area (Å²) in [4.78, 5) is 4.43. The average Bonchev–Trinajstić information content (AvgIpc) is 2.61. The van der Waals surface area contributed by atoms with Gasteiger partial charge < -0.3 is 0 Å². The molecule has 1 nitrogen and oxygen atoms in total. The van der Waals surface area contributed by atoms with E-state index in [0.29, 0.717) is 5.92 Å². The predicted octanol–water partition coefficient (Wildman–Crippen LogP) is 3.26. The molecular weight excluding hydrogens is 158 g/mol. The van der Waals surface area contributed by atoms with Crippen LogP contribution in [0.25, 0.3) is 0 Å². The highest BCUT2D eigenvalue weighted by atomic mass is 14.8. The van der Waals surface area contributed by atoms with E-state index in [4.69, 9.17) is 0 Å². The number of fused-ring (bicyclic) bond motifs is 1. The summed E-state index contributed by atoms with van der Waals surface area (Å²) < 4.78 is 0. The van der Waals surface area contributed by atoms with Crippen LogP contribution in [0.4, 0.5) is 0 Å². The standard InChI is InChI=1S/C12H15N/c1-2-3-5-10-8-11-6-4-7-12(11)13-9-10/h4,6-9,11H,2-3,5H2,1H3. The molecule has 0 saturated heterocycles. The van der Waals surface area contributed by atoms with Crippen molar-refractivity contribution in [1.82, 2.24) is 0 Å². The maximum atomic E-state index is 4.43. The summed E-state index contributed by atoms with van der Waals surface area (Å²) in [6.07, 6.45) is 14.4. The normalized spacial score (nSPS) is 24.2. The van der Waals surface area contributed by atoms with Crippen LogP contribution in [0.15, 0.2) is 40.6 Å². The van der Waals surface area contributed by atoms with Crippen LogP contribution >= 0.6 is 0 Å². The predicted molar refractivity (Wildman–Crippen MR) is 56.8 cm³/mol. The smallest absolute Gasteiger partial charge is 0.0510 e. The quantitative estimate of drug-likeness (QED) is 0.621. The fourth-order valence-corrected chi connectivity index (χ4v) is 1.71. The van der Waals surface area contributed by atoms with Gasteiger partial charge in [0, 0.05) is 12.1 Å². The lowest BCUT2D eigenvalue weighted by Gasteiger charge is -2.12. The molecule has 0 saturated carbocycles. The van der Waals surface area contributed by atoms with Gasteiger partial charge >= 0.3 is 0 Å². The highest BCUT2D eigenvalue weighted by molar-refractivity contribution is 5.81. The van der Waals surface area contributed by atoms with Gasteiger partial charge in [0.05, 0.1) is 5.70 Å². The summed E-state index contributed by atoms with van der Waals surface area (Å²) in [7, 11) is 0. The summed E-state index contributed by atoms with van der Waals surface area (Å²) in [5, 5.41) is 0. The van der Waals surface area contributed by atoms with E-state index in [1.165, 1.54) is 30.5 Å². The van der Waals surface area contributed by atoms with Crippen LogP contribution in [-0.4, -0.2) is 6.21 Å². The number of unbranched alkanes of at least 4 members (excludes halogenated alkanes) is 1. The monoisotopic (exact) mass is 173 g/mol. The molecule has 1 atom stereocenters. The Hall–Kier alpha value is -1.11. The molecule has 0 spiro atoms. The van der Waals surface area contributed by atoms with E-state index >= 15 is 0 Å². The molecule has 2 aliphatic rings. The molecule has 1 heterocycles. The molecule has 0 aromatic carbocycles. The molecule has 2 rings (SSSR count). The first-order valence-electron chi connectivity index (χ1n) is 5.03. The van der Waals surface area contributed by atoms with Crippen molar-refractivity contribution in [3.8, 4) is 0 Å². The van der Waals surface area contributed by atoms with Crippen molar-refractivity contribution >= 4 is 6.21 Å². The van der Waals surface area contributed by atoms with E-state index in [9.17, 15) is 0 Å². The molecule has 68 valence electrons. The van der Waals surface area contributed by atoms with Crippen molar-refractivity contribution < 1.29 is 0 Å². The Bertz CT molecular complexity index is 305. The van der Waals surface area contributed by atoms with Crippen molar-refractivity contribution in [2.75, 3.05) is 0 Å². The molecule has 13 heavy (non-hydrogen) atoms. The van der Waals surface area contributed by atoms with E-state index in [1.807, 2.05) is 6.21 Å². The lowest BCUT2D eigenvalue weighted by molar-refractivity contribution is 0.792. The highest BCUT2D eigenvalue weighted by Gasteiger charge is 2.14. The van der Waals surface area contributed by atoms with Gasteiger partial charge in [-0.3, -0.25) is 4.99 Å². The number of rotatable bonds is 3. The van der Waals surface area contributed by atoms with Gasteiger partial charge in [-0.05, 0) is 24.5 Å². The van der Waals surface area contributed by atoms with Gasteiger partial charge in [0.1, 0.15) is 0 Å². The Morgan fingerprint density at radius 1 is 1.46 bits per heavy atom. The lowest BCUT2D eigenvalue weighted by Crippen LogP contribution is -2.01.